The van der Waals surface area contributed by atoms with Crippen molar-refractivity contribution in [1.82, 2.24) is 9.78 Å². The Labute approximate surface area is 115 Å². The average Bonchev–Trinajstić information content (AvgIpc) is 3.00. The molecule has 5 heteroatoms. The molecule has 2 heterocycles. The van der Waals surface area contributed by atoms with Crippen LogP contribution in [0.15, 0.2) is 34.9 Å². The summed E-state index contributed by atoms with van der Waals surface area (Å²) in [4.78, 5) is 0. The van der Waals surface area contributed by atoms with Crippen LogP contribution < -0.4 is 0 Å². The number of aryl methyl sites for hydroxylation is 2. The van der Waals surface area contributed by atoms with Crippen molar-refractivity contribution in [2.45, 2.75) is 19.4 Å². The molecule has 3 aromatic rings. The predicted octanol–water partition coefficient (Wildman–Crippen LogP) is 2.95. The molecule has 0 aliphatic carbocycles. The number of aliphatic hydroxyl groups is 1. The molecule has 0 aliphatic heterocycles. The quantitative estimate of drug-likeness (QED) is 0.799. The molecule has 4 nitrogen and oxygen atoms in total. The monoisotopic (exact) mass is 274 g/mol. The smallest absolute Gasteiger partial charge is 0.140 e. The molecular formula is C15H15FN2O2. The van der Waals surface area contributed by atoms with Crippen molar-refractivity contribution in [2.24, 2.45) is 7.05 Å². The first-order valence-electron chi connectivity index (χ1n) is 6.48. The van der Waals surface area contributed by atoms with Crippen molar-refractivity contribution in [3.63, 3.8) is 0 Å². The number of benzene rings is 1. The molecule has 0 saturated carbocycles. The Kier molecular flexibility index (Phi) is 3.06. The van der Waals surface area contributed by atoms with Gasteiger partial charge in [0.2, 0.25) is 0 Å². The van der Waals surface area contributed by atoms with E-state index in [9.17, 15) is 9.50 Å². The van der Waals surface area contributed by atoms with Crippen molar-refractivity contribution in [1.29, 1.82) is 0 Å². The molecule has 0 saturated heterocycles. The van der Waals surface area contributed by atoms with E-state index in [-0.39, 0.29) is 5.82 Å². The highest BCUT2D eigenvalue weighted by Gasteiger charge is 2.20. The fourth-order valence-corrected chi connectivity index (χ4v) is 2.38. The van der Waals surface area contributed by atoms with Crippen LogP contribution in [0.2, 0.25) is 0 Å². The minimum atomic E-state index is -0.894. The van der Waals surface area contributed by atoms with Crippen LogP contribution in [-0.4, -0.2) is 14.9 Å². The van der Waals surface area contributed by atoms with Crippen molar-refractivity contribution in [3.05, 3.63) is 53.3 Å². The molecule has 104 valence electrons. The van der Waals surface area contributed by atoms with Gasteiger partial charge in [-0.1, -0.05) is 6.92 Å². The van der Waals surface area contributed by atoms with E-state index >= 15 is 0 Å². The first kappa shape index (κ1) is 12.9. The number of halogens is 1. The first-order chi connectivity index (χ1) is 9.58. The number of hydrogen-bond donors (Lipinski definition) is 1. The summed E-state index contributed by atoms with van der Waals surface area (Å²) >= 11 is 0. The predicted molar refractivity (Wildman–Crippen MR) is 72.8 cm³/mol. The van der Waals surface area contributed by atoms with Crippen molar-refractivity contribution in [2.75, 3.05) is 0 Å². The zero-order valence-electron chi connectivity index (χ0n) is 11.3. The Morgan fingerprint density at radius 3 is 2.95 bits per heavy atom. The number of nitrogens with zero attached hydrogens (tertiary/aromatic N) is 2. The third-order valence-corrected chi connectivity index (χ3v) is 3.33. The van der Waals surface area contributed by atoms with Gasteiger partial charge in [-0.25, -0.2) is 4.39 Å². The Morgan fingerprint density at radius 1 is 1.40 bits per heavy atom. The van der Waals surface area contributed by atoms with Gasteiger partial charge in [-0.3, -0.25) is 4.68 Å². The molecule has 0 amide bonds. The van der Waals surface area contributed by atoms with Crippen LogP contribution in [-0.2, 0) is 13.5 Å². The van der Waals surface area contributed by atoms with E-state index in [4.69, 9.17) is 4.42 Å². The van der Waals surface area contributed by atoms with Crippen LogP contribution >= 0.6 is 0 Å². The molecule has 1 atom stereocenters. The fourth-order valence-electron chi connectivity index (χ4n) is 2.38. The van der Waals surface area contributed by atoms with Crippen LogP contribution in [0.1, 0.15) is 30.0 Å². The Morgan fingerprint density at radius 2 is 2.20 bits per heavy atom. The highest BCUT2D eigenvalue weighted by Crippen LogP contribution is 2.30. The second-order valence-corrected chi connectivity index (χ2v) is 4.79. The summed E-state index contributed by atoms with van der Waals surface area (Å²) in [5.74, 6) is 0.0725. The highest BCUT2D eigenvalue weighted by molar-refractivity contribution is 5.78. The molecule has 1 unspecified atom stereocenters. The topological polar surface area (TPSA) is 51.2 Å². The molecule has 0 aliphatic rings. The summed E-state index contributed by atoms with van der Waals surface area (Å²) in [5.41, 5.74) is 2.10. The number of furan rings is 1. The summed E-state index contributed by atoms with van der Waals surface area (Å²) in [5, 5.41) is 15.4. The Hall–Kier alpha value is -2.14. The van der Waals surface area contributed by atoms with Gasteiger partial charge in [0.15, 0.2) is 0 Å². The number of aliphatic hydroxyl groups excluding tert-OH is 1. The lowest BCUT2D eigenvalue weighted by Gasteiger charge is -2.06. The molecule has 1 N–H and O–H groups in total. The third kappa shape index (κ3) is 2.10. The number of fused-ring (bicyclic) bond motifs is 1. The zero-order valence-corrected chi connectivity index (χ0v) is 11.3. The van der Waals surface area contributed by atoms with Crippen LogP contribution in [0, 0.1) is 5.82 Å². The fraction of sp³-hybridized carbons (Fsp3) is 0.267. The van der Waals surface area contributed by atoms with Gasteiger partial charge in [-0.2, -0.15) is 5.10 Å². The second-order valence-electron chi connectivity index (χ2n) is 4.79. The van der Waals surface area contributed by atoms with E-state index in [2.05, 4.69) is 5.10 Å². The minimum absolute atomic E-state index is 0.324. The lowest BCUT2D eigenvalue weighted by molar-refractivity contribution is 0.191. The number of hydrogen-bond acceptors (Lipinski definition) is 3. The average molecular weight is 274 g/mol. The van der Waals surface area contributed by atoms with E-state index in [1.807, 2.05) is 14.0 Å². The van der Waals surface area contributed by atoms with E-state index in [0.717, 1.165) is 17.7 Å². The molecule has 20 heavy (non-hydrogen) atoms. The maximum absolute atomic E-state index is 13.2. The lowest BCUT2D eigenvalue weighted by atomic mass is 10.1. The van der Waals surface area contributed by atoms with Gasteiger partial charge < -0.3 is 9.52 Å². The summed E-state index contributed by atoms with van der Waals surface area (Å²) < 4.78 is 20.4. The first-order valence-corrected chi connectivity index (χ1v) is 6.48. The Balaban J connectivity index is 2.05. The maximum Gasteiger partial charge on any atom is 0.140 e. The van der Waals surface area contributed by atoms with E-state index in [1.165, 1.54) is 12.1 Å². The highest BCUT2D eigenvalue weighted by atomic mass is 19.1. The zero-order chi connectivity index (χ0) is 14.3. The SMILES string of the molecule is CCc1nn(C)cc1C(O)c1cc2cc(F)ccc2o1. The lowest BCUT2D eigenvalue weighted by Crippen LogP contribution is -2.00. The standard InChI is InChI=1S/C15H15FN2O2/c1-3-12-11(8-18(2)17-12)15(19)14-7-9-6-10(16)4-5-13(9)20-14/h4-8,15,19H,3H2,1-2H3. The van der Waals surface area contributed by atoms with E-state index < -0.39 is 6.10 Å². The van der Waals surface area contributed by atoms with Gasteiger partial charge in [0.1, 0.15) is 23.3 Å². The van der Waals surface area contributed by atoms with E-state index in [1.54, 1.807) is 23.0 Å². The normalized spacial score (nSPS) is 13.0. The molecule has 0 radical (unpaired) electrons. The second kappa shape index (κ2) is 4.76. The largest absolute Gasteiger partial charge is 0.458 e. The summed E-state index contributed by atoms with van der Waals surface area (Å²) in [6.07, 6.45) is 1.61. The van der Waals surface area contributed by atoms with Gasteiger partial charge in [-0.15, -0.1) is 0 Å². The van der Waals surface area contributed by atoms with Gasteiger partial charge in [0, 0.05) is 24.2 Å². The molecular weight excluding hydrogens is 259 g/mol. The summed E-state index contributed by atoms with van der Waals surface area (Å²) in [6.45, 7) is 1.98. The van der Waals surface area contributed by atoms with Gasteiger partial charge in [0.25, 0.3) is 0 Å². The van der Waals surface area contributed by atoms with Crippen LogP contribution in [0.3, 0.4) is 0 Å². The molecule has 3 rings (SSSR count). The van der Waals surface area contributed by atoms with Crippen molar-refractivity contribution < 1.29 is 13.9 Å². The minimum Gasteiger partial charge on any atom is -0.458 e. The van der Waals surface area contributed by atoms with Gasteiger partial charge >= 0.3 is 0 Å². The molecule has 0 fully saturated rings. The molecule has 0 spiro atoms. The summed E-state index contributed by atoms with van der Waals surface area (Å²) in [7, 11) is 1.81. The summed E-state index contributed by atoms with van der Waals surface area (Å²) in [6, 6.07) is 5.95. The maximum atomic E-state index is 13.2. The van der Waals surface area contributed by atoms with Crippen molar-refractivity contribution >= 4 is 11.0 Å². The van der Waals surface area contributed by atoms with Gasteiger partial charge in [-0.05, 0) is 30.7 Å². The van der Waals surface area contributed by atoms with Crippen LogP contribution in [0.25, 0.3) is 11.0 Å². The van der Waals surface area contributed by atoms with Crippen LogP contribution in [0.4, 0.5) is 4.39 Å². The number of aromatic nitrogens is 2. The molecule has 0 bridgehead atoms. The Bertz CT molecular complexity index is 760. The molecule has 1 aromatic carbocycles. The molecule has 2 aromatic heterocycles. The van der Waals surface area contributed by atoms with Crippen LogP contribution in [0.5, 0.6) is 0 Å². The number of rotatable bonds is 3. The van der Waals surface area contributed by atoms with E-state index in [0.29, 0.717) is 16.7 Å². The van der Waals surface area contributed by atoms with Gasteiger partial charge in [0.05, 0.1) is 5.69 Å². The van der Waals surface area contributed by atoms with Crippen molar-refractivity contribution in [3.8, 4) is 0 Å². The third-order valence-electron chi connectivity index (χ3n) is 3.33.